The first-order valence-electron chi connectivity index (χ1n) is 4.89. The lowest BCUT2D eigenvalue weighted by Crippen LogP contribution is -2.42. The second kappa shape index (κ2) is 5.85. The van der Waals surface area contributed by atoms with Crippen molar-refractivity contribution in [3.05, 3.63) is 22.4 Å². The summed E-state index contributed by atoms with van der Waals surface area (Å²) in [6.07, 6.45) is 0.694. The lowest BCUT2D eigenvalue weighted by molar-refractivity contribution is -0.123. The van der Waals surface area contributed by atoms with Crippen LogP contribution in [0.4, 0.5) is 0 Å². The number of amides is 1. The van der Waals surface area contributed by atoms with Crippen LogP contribution in [-0.2, 0) is 4.79 Å². The van der Waals surface area contributed by atoms with Crippen molar-refractivity contribution >= 4 is 17.2 Å². The largest absolute Gasteiger partial charge is 0.394 e. The molecular weight excluding hydrogens is 212 g/mol. The number of thiophene rings is 1. The van der Waals surface area contributed by atoms with Crippen LogP contribution in [0.1, 0.15) is 24.3 Å². The van der Waals surface area contributed by atoms with Crippen LogP contribution < -0.4 is 11.1 Å². The van der Waals surface area contributed by atoms with Crippen molar-refractivity contribution in [1.29, 1.82) is 0 Å². The normalized spacial score (nSPS) is 14.6. The zero-order valence-electron chi connectivity index (χ0n) is 8.64. The standard InChI is InChI=1S/C10H16N2O2S/c1-2-7(6-13)12-10(14)9(11)8-4-3-5-15-8/h3-5,7,9,13H,2,6,11H2,1H3,(H,12,14)/t7-,9?/m0/s1. The van der Waals surface area contributed by atoms with E-state index in [-0.39, 0.29) is 18.6 Å². The van der Waals surface area contributed by atoms with E-state index in [1.807, 2.05) is 24.4 Å². The average Bonchev–Trinajstić information content (AvgIpc) is 2.77. The fraction of sp³-hybridized carbons (Fsp3) is 0.500. The molecule has 0 aliphatic carbocycles. The van der Waals surface area contributed by atoms with E-state index in [0.29, 0.717) is 6.42 Å². The molecule has 4 N–H and O–H groups in total. The highest BCUT2D eigenvalue weighted by molar-refractivity contribution is 7.10. The van der Waals surface area contributed by atoms with Gasteiger partial charge in [-0.15, -0.1) is 11.3 Å². The molecule has 1 unspecified atom stereocenters. The molecule has 0 bridgehead atoms. The Morgan fingerprint density at radius 3 is 2.93 bits per heavy atom. The summed E-state index contributed by atoms with van der Waals surface area (Å²) in [5, 5.41) is 13.5. The molecule has 1 heterocycles. The molecule has 0 fully saturated rings. The highest BCUT2D eigenvalue weighted by atomic mass is 32.1. The van der Waals surface area contributed by atoms with Crippen molar-refractivity contribution in [1.82, 2.24) is 5.32 Å². The minimum absolute atomic E-state index is 0.0562. The van der Waals surface area contributed by atoms with Crippen molar-refractivity contribution in [2.75, 3.05) is 6.61 Å². The van der Waals surface area contributed by atoms with E-state index in [0.717, 1.165) is 4.88 Å². The van der Waals surface area contributed by atoms with Gasteiger partial charge in [0.15, 0.2) is 0 Å². The first-order chi connectivity index (χ1) is 7.19. The maximum atomic E-state index is 11.6. The summed E-state index contributed by atoms with van der Waals surface area (Å²) in [7, 11) is 0. The van der Waals surface area contributed by atoms with Crippen LogP contribution in [0.25, 0.3) is 0 Å². The minimum atomic E-state index is -0.634. The molecule has 0 spiro atoms. The molecular formula is C10H16N2O2S. The van der Waals surface area contributed by atoms with Gasteiger partial charge in [-0.05, 0) is 17.9 Å². The van der Waals surface area contributed by atoms with Crippen LogP contribution in [0, 0.1) is 0 Å². The fourth-order valence-corrected chi connectivity index (χ4v) is 1.89. The summed E-state index contributed by atoms with van der Waals surface area (Å²) in [6, 6.07) is 2.85. The molecule has 0 aliphatic rings. The van der Waals surface area contributed by atoms with Crippen LogP contribution in [0.5, 0.6) is 0 Å². The molecule has 2 atom stereocenters. The number of nitrogens with two attached hydrogens (primary N) is 1. The van der Waals surface area contributed by atoms with E-state index in [2.05, 4.69) is 5.32 Å². The monoisotopic (exact) mass is 228 g/mol. The first-order valence-corrected chi connectivity index (χ1v) is 5.77. The second-order valence-corrected chi connectivity index (χ2v) is 4.27. The number of aliphatic hydroxyl groups excluding tert-OH is 1. The predicted octanol–water partition coefficient (Wildman–Crippen LogP) is 0.635. The SMILES string of the molecule is CC[C@@H](CO)NC(=O)C(N)c1cccs1. The number of carbonyl (C=O) groups is 1. The van der Waals surface area contributed by atoms with Gasteiger partial charge in [0.2, 0.25) is 5.91 Å². The van der Waals surface area contributed by atoms with Crippen molar-refractivity contribution in [3.8, 4) is 0 Å². The molecule has 0 aromatic carbocycles. The summed E-state index contributed by atoms with van der Waals surface area (Å²) < 4.78 is 0. The average molecular weight is 228 g/mol. The zero-order chi connectivity index (χ0) is 11.3. The Balaban J connectivity index is 2.53. The molecule has 84 valence electrons. The molecule has 0 saturated carbocycles. The van der Waals surface area contributed by atoms with Gasteiger partial charge >= 0.3 is 0 Å². The Hall–Kier alpha value is -0.910. The molecule has 15 heavy (non-hydrogen) atoms. The quantitative estimate of drug-likeness (QED) is 0.692. The van der Waals surface area contributed by atoms with Crippen molar-refractivity contribution in [2.45, 2.75) is 25.4 Å². The van der Waals surface area contributed by atoms with Gasteiger partial charge in [0, 0.05) is 4.88 Å². The molecule has 0 saturated heterocycles. The predicted molar refractivity (Wildman–Crippen MR) is 60.6 cm³/mol. The van der Waals surface area contributed by atoms with E-state index >= 15 is 0 Å². The number of hydrogen-bond donors (Lipinski definition) is 3. The van der Waals surface area contributed by atoms with Gasteiger partial charge in [-0.2, -0.15) is 0 Å². The molecule has 1 aromatic heterocycles. The zero-order valence-corrected chi connectivity index (χ0v) is 9.46. The number of hydrogen-bond acceptors (Lipinski definition) is 4. The Bertz CT molecular complexity index is 296. The van der Waals surface area contributed by atoms with Gasteiger partial charge < -0.3 is 16.2 Å². The van der Waals surface area contributed by atoms with Crippen LogP contribution in [0.15, 0.2) is 17.5 Å². The summed E-state index contributed by atoms with van der Waals surface area (Å²) in [5.74, 6) is -0.238. The molecule has 4 nitrogen and oxygen atoms in total. The molecule has 5 heteroatoms. The first kappa shape index (κ1) is 12.2. The van der Waals surface area contributed by atoms with E-state index in [9.17, 15) is 4.79 Å². The van der Waals surface area contributed by atoms with Gasteiger partial charge in [0.25, 0.3) is 0 Å². The summed E-state index contributed by atoms with van der Waals surface area (Å²) in [5.41, 5.74) is 5.76. The Kier molecular flexibility index (Phi) is 4.74. The lowest BCUT2D eigenvalue weighted by Gasteiger charge is -2.16. The summed E-state index contributed by atoms with van der Waals surface area (Å²) >= 11 is 1.45. The molecule has 0 aliphatic heterocycles. The van der Waals surface area contributed by atoms with Crippen LogP contribution in [-0.4, -0.2) is 23.7 Å². The third-order valence-electron chi connectivity index (χ3n) is 2.19. The lowest BCUT2D eigenvalue weighted by atomic mass is 10.2. The summed E-state index contributed by atoms with van der Waals surface area (Å²) in [4.78, 5) is 12.5. The number of aliphatic hydroxyl groups is 1. The van der Waals surface area contributed by atoms with Crippen LogP contribution in [0.2, 0.25) is 0 Å². The molecule has 1 amide bonds. The third-order valence-corrected chi connectivity index (χ3v) is 3.15. The van der Waals surface area contributed by atoms with Crippen LogP contribution in [0.3, 0.4) is 0 Å². The number of carbonyl (C=O) groups excluding carboxylic acids is 1. The maximum absolute atomic E-state index is 11.6. The highest BCUT2D eigenvalue weighted by Gasteiger charge is 2.18. The maximum Gasteiger partial charge on any atom is 0.242 e. The van der Waals surface area contributed by atoms with Gasteiger partial charge in [0.05, 0.1) is 12.6 Å². The van der Waals surface area contributed by atoms with Gasteiger partial charge in [-0.25, -0.2) is 0 Å². The van der Waals surface area contributed by atoms with Gasteiger partial charge in [-0.3, -0.25) is 4.79 Å². The second-order valence-electron chi connectivity index (χ2n) is 3.29. The van der Waals surface area contributed by atoms with E-state index in [4.69, 9.17) is 10.8 Å². The van der Waals surface area contributed by atoms with E-state index in [1.54, 1.807) is 0 Å². The molecule has 1 rings (SSSR count). The summed E-state index contributed by atoms with van der Waals surface area (Å²) in [6.45, 7) is 1.84. The van der Waals surface area contributed by atoms with E-state index in [1.165, 1.54) is 11.3 Å². The topological polar surface area (TPSA) is 75.3 Å². The molecule has 1 aromatic rings. The van der Waals surface area contributed by atoms with Gasteiger partial charge in [-0.1, -0.05) is 13.0 Å². The van der Waals surface area contributed by atoms with Crippen molar-refractivity contribution in [2.24, 2.45) is 5.73 Å². The Morgan fingerprint density at radius 2 is 2.47 bits per heavy atom. The number of nitrogens with one attached hydrogen (secondary N) is 1. The van der Waals surface area contributed by atoms with Crippen molar-refractivity contribution in [3.63, 3.8) is 0 Å². The van der Waals surface area contributed by atoms with Crippen LogP contribution >= 0.6 is 11.3 Å². The third kappa shape index (κ3) is 3.30. The van der Waals surface area contributed by atoms with Gasteiger partial charge in [0.1, 0.15) is 6.04 Å². The fourth-order valence-electron chi connectivity index (χ4n) is 1.17. The highest BCUT2D eigenvalue weighted by Crippen LogP contribution is 2.16. The van der Waals surface area contributed by atoms with E-state index < -0.39 is 6.04 Å². The molecule has 0 radical (unpaired) electrons. The minimum Gasteiger partial charge on any atom is -0.394 e. The Morgan fingerprint density at radius 1 is 1.73 bits per heavy atom. The Labute approximate surface area is 93.1 Å². The number of rotatable bonds is 5. The van der Waals surface area contributed by atoms with Crippen molar-refractivity contribution < 1.29 is 9.90 Å². The smallest absolute Gasteiger partial charge is 0.242 e.